The summed E-state index contributed by atoms with van der Waals surface area (Å²) in [5, 5.41) is 0. The number of nitrogen functional groups attached to an aromatic ring is 1. The first-order valence-corrected chi connectivity index (χ1v) is 8.11. The van der Waals surface area contributed by atoms with Gasteiger partial charge in [-0.25, -0.2) is 17.2 Å². The maximum absolute atomic E-state index is 12.1. The zero-order valence-corrected chi connectivity index (χ0v) is 12.1. The summed E-state index contributed by atoms with van der Waals surface area (Å²) < 4.78 is 48.3. The molecule has 4 nitrogen and oxygen atoms in total. The molecular weight excluding hydrogens is 294 g/mol. The van der Waals surface area contributed by atoms with Crippen LogP contribution < -0.4 is 5.73 Å². The van der Waals surface area contributed by atoms with Gasteiger partial charge in [0.1, 0.15) is 0 Å². The molecule has 0 aliphatic rings. The minimum absolute atomic E-state index is 0.175. The van der Waals surface area contributed by atoms with E-state index in [0.29, 0.717) is 15.7 Å². The van der Waals surface area contributed by atoms with Gasteiger partial charge in [0, 0.05) is 23.4 Å². The molecule has 0 amide bonds. The Balaban J connectivity index is 2.45. The molecule has 2 N–H and O–H groups in total. The van der Waals surface area contributed by atoms with Crippen LogP contribution in [0.25, 0.3) is 0 Å². The largest absolute Gasteiger partial charge is 0.399 e. The average Bonchev–Trinajstić information content (AvgIpc) is 2.30. The lowest BCUT2D eigenvalue weighted by molar-refractivity contribution is 0.126. The summed E-state index contributed by atoms with van der Waals surface area (Å²) in [6.07, 6.45) is -2.66. The predicted molar refractivity (Wildman–Crippen MR) is 74.0 cm³/mol. The van der Waals surface area contributed by atoms with E-state index in [1.54, 1.807) is 24.3 Å². The van der Waals surface area contributed by atoms with Crippen molar-refractivity contribution >= 4 is 27.5 Å². The van der Waals surface area contributed by atoms with Gasteiger partial charge in [0.2, 0.25) is 10.0 Å². The van der Waals surface area contributed by atoms with E-state index in [9.17, 15) is 17.2 Å². The molecular formula is C11H16F2N2O2S2. The maximum Gasteiger partial charge on any atom is 0.252 e. The van der Waals surface area contributed by atoms with E-state index in [1.165, 1.54) is 11.8 Å². The van der Waals surface area contributed by atoms with Crippen LogP contribution in [0.2, 0.25) is 0 Å². The third-order valence-electron chi connectivity index (χ3n) is 2.36. The number of nitrogens with zero attached hydrogens (tertiary/aromatic N) is 1. The number of thioether (sulfide) groups is 1. The number of anilines is 1. The van der Waals surface area contributed by atoms with Crippen LogP contribution >= 0.6 is 11.8 Å². The summed E-state index contributed by atoms with van der Waals surface area (Å²) in [5.41, 5.74) is 6.16. The zero-order chi connectivity index (χ0) is 14.5. The van der Waals surface area contributed by atoms with Gasteiger partial charge in [0.25, 0.3) is 6.43 Å². The van der Waals surface area contributed by atoms with Crippen molar-refractivity contribution in [1.29, 1.82) is 0 Å². The minimum atomic E-state index is -3.63. The first-order valence-electron chi connectivity index (χ1n) is 5.52. The van der Waals surface area contributed by atoms with Gasteiger partial charge in [-0.3, -0.25) is 0 Å². The quantitative estimate of drug-likeness (QED) is 0.617. The van der Waals surface area contributed by atoms with Gasteiger partial charge in [0.15, 0.2) is 0 Å². The van der Waals surface area contributed by atoms with Crippen LogP contribution in [0.1, 0.15) is 0 Å². The predicted octanol–water partition coefficient (Wildman–Crippen LogP) is 1.89. The Bertz CT molecular complexity index is 492. The topological polar surface area (TPSA) is 63.4 Å². The smallest absolute Gasteiger partial charge is 0.252 e. The van der Waals surface area contributed by atoms with Crippen LogP contribution in [-0.2, 0) is 10.0 Å². The number of benzene rings is 1. The first-order chi connectivity index (χ1) is 8.81. The minimum Gasteiger partial charge on any atom is -0.399 e. The van der Waals surface area contributed by atoms with E-state index in [4.69, 9.17) is 5.73 Å². The number of nitrogens with two attached hydrogens (primary N) is 1. The van der Waals surface area contributed by atoms with Gasteiger partial charge in [-0.2, -0.15) is 4.31 Å². The molecule has 1 aromatic rings. The molecule has 0 heterocycles. The molecule has 1 aromatic carbocycles. The highest BCUT2D eigenvalue weighted by Crippen LogP contribution is 2.19. The van der Waals surface area contributed by atoms with E-state index in [0.717, 1.165) is 11.9 Å². The van der Waals surface area contributed by atoms with Crippen molar-refractivity contribution in [3.05, 3.63) is 24.3 Å². The molecule has 108 valence electrons. The fourth-order valence-electron chi connectivity index (χ4n) is 1.29. The van der Waals surface area contributed by atoms with E-state index in [2.05, 4.69) is 0 Å². The molecule has 0 saturated heterocycles. The number of sulfonamides is 1. The summed E-state index contributed by atoms with van der Waals surface area (Å²) in [6, 6.07) is 7.02. The Morgan fingerprint density at radius 2 is 1.89 bits per heavy atom. The summed E-state index contributed by atoms with van der Waals surface area (Å²) >= 11 is 1.34. The molecule has 0 fully saturated rings. The number of rotatable bonds is 7. The van der Waals surface area contributed by atoms with Crippen LogP contribution in [0.4, 0.5) is 14.5 Å². The second kappa shape index (κ2) is 7.06. The molecule has 0 spiro atoms. The van der Waals surface area contributed by atoms with E-state index in [1.807, 2.05) is 0 Å². The molecule has 0 unspecified atom stereocenters. The van der Waals surface area contributed by atoms with Crippen molar-refractivity contribution in [2.45, 2.75) is 11.3 Å². The lowest BCUT2D eigenvalue weighted by Gasteiger charge is -2.16. The fraction of sp³-hybridized carbons (Fsp3) is 0.455. The number of hydrogen-bond donors (Lipinski definition) is 1. The molecule has 0 saturated carbocycles. The average molecular weight is 310 g/mol. The Morgan fingerprint density at radius 1 is 1.32 bits per heavy atom. The van der Waals surface area contributed by atoms with Crippen molar-refractivity contribution in [3.63, 3.8) is 0 Å². The third kappa shape index (κ3) is 5.75. The lowest BCUT2D eigenvalue weighted by atomic mass is 10.3. The highest BCUT2D eigenvalue weighted by atomic mass is 32.2. The molecule has 0 bridgehead atoms. The van der Waals surface area contributed by atoms with Crippen LogP contribution in [-0.4, -0.2) is 44.2 Å². The lowest BCUT2D eigenvalue weighted by Crippen LogP contribution is -2.33. The van der Waals surface area contributed by atoms with Gasteiger partial charge < -0.3 is 5.73 Å². The van der Waals surface area contributed by atoms with Crippen LogP contribution in [0, 0.1) is 0 Å². The number of hydrogen-bond acceptors (Lipinski definition) is 4. The second-order valence-corrected chi connectivity index (χ2v) is 7.27. The van der Waals surface area contributed by atoms with Crippen LogP contribution in [0.15, 0.2) is 29.2 Å². The molecule has 19 heavy (non-hydrogen) atoms. The highest BCUT2D eigenvalue weighted by molar-refractivity contribution is 8.00. The zero-order valence-electron chi connectivity index (χ0n) is 10.4. The van der Waals surface area contributed by atoms with E-state index >= 15 is 0 Å². The van der Waals surface area contributed by atoms with Gasteiger partial charge in [-0.1, -0.05) is 0 Å². The van der Waals surface area contributed by atoms with Crippen molar-refractivity contribution in [2.24, 2.45) is 0 Å². The van der Waals surface area contributed by atoms with Crippen molar-refractivity contribution in [1.82, 2.24) is 4.31 Å². The normalized spacial score (nSPS) is 12.3. The first kappa shape index (κ1) is 16.2. The van der Waals surface area contributed by atoms with Crippen molar-refractivity contribution in [3.8, 4) is 0 Å². The van der Waals surface area contributed by atoms with Gasteiger partial charge in [0.05, 0.1) is 12.3 Å². The Morgan fingerprint density at radius 3 is 2.42 bits per heavy atom. The molecule has 1 rings (SSSR count). The molecule has 0 aromatic heterocycles. The molecule has 0 radical (unpaired) electrons. The van der Waals surface area contributed by atoms with Crippen LogP contribution in [0.3, 0.4) is 0 Å². The Kier molecular flexibility index (Phi) is 6.02. The van der Waals surface area contributed by atoms with Crippen LogP contribution in [0.5, 0.6) is 0 Å². The number of halogens is 2. The van der Waals surface area contributed by atoms with Gasteiger partial charge in [-0.15, -0.1) is 11.8 Å². The van der Waals surface area contributed by atoms with E-state index < -0.39 is 23.0 Å². The second-order valence-electron chi connectivity index (χ2n) is 3.91. The molecule has 0 atom stereocenters. The standard InChI is InChI=1S/C11H16F2N2O2S2/c1-15(8-11(12)13)19(16,17)7-6-18-10-4-2-9(14)3-5-10/h2-5,11H,6-8,14H2,1H3. The van der Waals surface area contributed by atoms with Gasteiger partial charge in [-0.05, 0) is 24.3 Å². The molecule has 0 aliphatic heterocycles. The third-order valence-corrected chi connectivity index (χ3v) is 5.45. The van der Waals surface area contributed by atoms with Gasteiger partial charge >= 0.3 is 0 Å². The van der Waals surface area contributed by atoms with Crippen molar-refractivity contribution in [2.75, 3.05) is 30.8 Å². The molecule has 8 heteroatoms. The summed E-state index contributed by atoms with van der Waals surface area (Å²) in [5.74, 6) is 0.130. The summed E-state index contributed by atoms with van der Waals surface area (Å²) in [4.78, 5) is 0.890. The SMILES string of the molecule is CN(CC(F)F)S(=O)(=O)CCSc1ccc(N)cc1. The highest BCUT2D eigenvalue weighted by Gasteiger charge is 2.20. The fourth-order valence-corrected chi connectivity index (χ4v) is 3.68. The maximum atomic E-state index is 12.1. The Labute approximate surface area is 116 Å². The monoisotopic (exact) mass is 310 g/mol. The number of alkyl halides is 2. The molecule has 0 aliphatic carbocycles. The Hall–Kier alpha value is -0.860. The van der Waals surface area contributed by atoms with E-state index in [-0.39, 0.29) is 5.75 Å². The summed E-state index contributed by atoms with van der Waals surface area (Å²) in [7, 11) is -2.46. The summed E-state index contributed by atoms with van der Waals surface area (Å²) in [6.45, 7) is -0.769. The van der Waals surface area contributed by atoms with Crippen molar-refractivity contribution < 1.29 is 17.2 Å².